The van der Waals surface area contributed by atoms with Gasteiger partial charge in [-0.1, -0.05) is 37.6 Å². The number of halogens is 1. The number of aliphatic carboxylic acids is 1. The topological polar surface area (TPSA) is 95.9 Å². The van der Waals surface area contributed by atoms with E-state index in [-0.39, 0.29) is 25.0 Å². The largest absolute Gasteiger partial charge is 0.481 e. The van der Waals surface area contributed by atoms with Gasteiger partial charge in [-0.15, -0.1) is 0 Å². The molecule has 148 valence electrons. The number of nitrogens with one attached hydrogen (secondary N) is 1. The predicted molar refractivity (Wildman–Crippen MR) is 101 cm³/mol. The first-order valence-electron chi connectivity index (χ1n) is 8.78. The van der Waals surface area contributed by atoms with Crippen molar-refractivity contribution in [2.45, 2.75) is 26.3 Å². The minimum atomic E-state index is -1.11. The van der Waals surface area contributed by atoms with Crippen LogP contribution in [0.2, 0.25) is 5.02 Å². The molecule has 1 aromatic rings. The fourth-order valence-electron chi connectivity index (χ4n) is 3.27. The lowest BCUT2D eigenvalue weighted by Crippen LogP contribution is -2.51. The fraction of sp³-hybridized carbons (Fsp3) is 0.526. The third-order valence-electron chi connectivity index (χ3n) is 4.88. The van der Waals surface area contributed by atoms with E-state index in [4.69, 9.17) is 16.3 Å². The van der Waals surface area contributed by atoms with Gasteiger partial charge in [0, 0.05) is 20.2 Å². The van der Waals surface area contributed by atoms with Gasteiger partial charge in [0.15, 0.2) is 0 Å². The quantitative estimate of drug-likeness (QED) is 0.735. The monoisotopic (exact) mass is 396 g/mol. The summed E-state index contributed by atoms with van der Waals surface area (Å²) >= 11 is 6.06. The number of methoxy groups -OCH3 is 1. The van der Waals surface area contributed by atoms with Crippen molar-refractivity contribution in [2.24, 2.45) is 11.3 Å². The van der Waals surface area contributed by atoms with Gasteiger partial charge in [-0.2, -0.15) is 0 Å². The summed E-state index contributed by atoms with van der Waals surface area (Å²) in [5.74, 6) is -1.90. The van der Waals surface area contributed by atoms with E-state index in [0.717, 1.165) is 0 Å². The molecule has 2 N–H and O–H groups in total. The summed E-state index contributed by atoms with van der Waals surface area (Å²) in [7, 11) is 1.44. The van der Waals surface area contributed by atoms with Crippen LogP contribution in [0.1, 0.15) is 30.6 Å². The number of hydrogen-bond acceptors (Lipinski definition) is 4. The second-order valence-electron chi connectivity index (χ2n) is 7.20. The average Bonchev–Trinajstić information content (AvgIpc) is 3.05. The Labute approximate surface area is 163 Å². The molecule has 0 saturated carbocycles. The maximum Gasteiger partial charge on any atom is 0.313 e. The first kappa shape index (κ1) is 21.2. The van der Waals surface area contributed by atoms with Crippen LogP contribution >= 0.6 is 11.6 Å². The van der Waals surface area contributed by atoms with Crippen LogP contribution in [0.25, 0.3) is 0 Å². The maximum atomic E-state index is 13.0. The molecule has 2 atom stereocenters. The molecule has 1 aliphatic heterocycles. The van der Waals surface area contributed by atoms with Gasteiger partial charge < -0.3 is 20.1 Å². The molecule has 0 radical (unpaired) electrons. The zero-order valence-corrected chi connectivity index (χ0v) is 16.5. The molecule has 2 rings (SSSR count). The third-order valence-corrected chi connectivity index (χ3v) is 5.21. The standard InChI is InChI=1S/C19H25ClN2O5/c1-12(2)15(21-16(23)13-6-4-5-7-14(13)20)17(24)22-9-8-19(10-22,11-27-3)18(25)26/h4-7,12,15H,8-11H2,1-3H3,(H,21,23)(H,25,26). The van der Waals surface area contributed by atoms with Crippen LogP contribution in [-0.4, -0.2) is 60.6 Å². The molecule has 2 amide bonds. The van der Waals surface area contributed by atoms with Crippen molar-refractivity contribution in [2.75, 3.05) is 26.8 Å². The van der Waals surface area contributed by atoms with E-state index in [9.17, 15) is 19.5 Å². The number of ether oxygens (including phenoxy) is 1. The number of carbonyl (C=O) groups is 3. The number of hydrogen-bond donors (Lipinski definition) is 2. The minimum absolute atomic E-state index is 0.0322. The van der Waals surface area contributed by atoms with Gasteiger partial charge in [-0.25, -0.2) is 0 Å². The Balaban J connectivity index is 2.15. The molecule has 1 fully saturated rings. The smallest absolute Gasteiger partial charge is 0.313 e. The summed E-state index contributed by atoms with van der Waals surface area (Å²) in [6, 6.07) is 5.83. The summed E-state index contributed by atoms with van der Waals surface area (Å²) in [4.78, 5) is 38.7. The van der Waals surface area contributed by atoms with E-state index in [0.29, 0.717) is 23.6 Å². The van der Waals surface area contributed by atoms with Crippen molar-refractivity contribution in [3.8, 4) is 0 Å². The number of amides is 2. The Morgan fingerprint density at radius 1 is 1.33 bits per heavy atom. The van der Waals surface area contributed by atoms with Crippen molar-refractivity contribution >= 4 is 29.4 Å². The van der Waals surface area contributed by atoms with E-state index in [1.807, 2.05) is 13.8 Å². The molecule has 2 unspecified atom stereocenters. The molecular formula is C19H25ClN2O5. The lowest BCUT2D eigenvalue weighted by molar-refractivity contribution is -0.151. The van der Waals surface area contributed by atoms with Gasteiger partial charge in [-0.05, 0) is 24.5 Å². The van der Waals surface area contributed by atoms with E-state index in [2.05, 4.69) is 5.32 Å². The maximum absolute atomic E-state index is 13.0. The van der Waals surface area contributed by atoms with Gasteiger partial charge in [-0.3, -0.25) is 14.4 Å². The molecule has 1 saturated heterocycles. The Morgan fingerprint density at radius 3 is 2.56 bits per heavy atom. The fourth-order valence-corrected chi connectivity index (χ4v) is 3.49. The van der Waals surface area contributed by atoms with Gasteiger partial charge in [0.1, 0.15) is 11.5 Å². The van der Waals surface area contributed by atoms with Crippen LogP contribution in [0.4, 0.5) is 0 Å². The predicted octanol–water partition coefficient (Wildman–Crippen LogP) is 2.04. The summed E-state index contributed by atoms with van der Waals surface area (Å²) < 4.78 is 5.06. The molecule has 1 aromatic carbocycles. The number of carbonyl (C=O) groups excluding carboxylic acids is 2. The molecule has 0 aromatic heterocycles. The second-order valence-corrected chi connectivity index (χ2v) is 7.61. The van der Waals surface area contributed by atoms with Crippen molar-refractivity contribution in [1.82, 2.24) is 10.2 Å². The lowest BCUT2D eigenvalue weighted by atomic mass is 9.88. The molecule has 8 heteroatoms. The summed E-state index contributed by atoms with van der Waals surface area (Å²) in [6.45, 7) is 4.04. The van der Waals surface area contributed by atoms with Crippen molar-refractivity contribution in [3.63, 3.8) is 0 Å². The van der Waals surface area contributed by atoms with Crippen LogP contribution in [0.5, 0.6) is 0 Å². The van der Waals surface area contributed by atoms with E-state index in [1.165, 1.54) is 12.0 Å². The zero-order chi connectivity index (χ0) is 20.2. The molecule has 1 heterocycles. The van der Waals surface area contributed by atoms with Gasteiger partial charge in [0.05, 0.1) is 17.2 Å². The Bertz CT molecular complexity index is 724. The number of carboxylic acid groups (broad SMARTS) is 1. The molecule has 27 heavy (non-hydrogen) atoms. The SMILES string of the molecule is COCC1(C(=O)O)CCN(C(=O)C(NC(=O)c2ccccc2Cl)C(C)C)C1. The minimum Gasteiger partial charge on any atom is -0.481 e. The average molecular weight is 397 g/mol. The van der Waals surface area contributed by atoms with Crippen LogP contribution in [0.3, 0.4) is 0 Å². The first-order chi connectivity index (χ1) is 12.7. The Kier molecular flexibility index (Phi) is 6.84. The molecule has 0 spiro atoms. The Hall–Kier alpha value is -2.12. The number of rotatable bonds is 7. The second kappa shape index (κ2) is 8.71. The molecule has 0 aliphatic carbocycles. The van der Waals surface area contributed by atoms with Crippen molar-refractivity contribution in [3.05, 3.63) is 34.9 Å². The number of likely N-dealkylation sites (tertiary alicyclic amines) is 1. The summed E-state index contributed by atoms with van der Waals surface area (Å²) in [5.41, 5.74) is -0.822. The summed E-state index contributed by atoms with van der Waals surface area (Å²) in [5, 5.41) is 12.6. The third kappa shape index (κ3) is 4.59. The zero-order valence-electron chi connectivity index (χ0n) is 15.7. The van der Waals surface area contributed by atoms with Crippen LogP contribution < -0.4 is 5.32 Å². The van der Waals surface area contributed by atoms with Crippen LogP contribution in [0.15, 0.2) is 24.3 Å². The number of benzene rings is 1. The van der Waals surface area contributed by atoms with Gasteiger partial charge >= 0.3 is 5.97 Å². The van der Waals surface area contributed by atoms with E-state index >= 15 is 0 Å². The molecular weight excluding hydrogens is 372 g/mol. The lowest BCUT2D eigenvalue weighted by Gasteiger charge is -2.28. The molecule has 1 aliphatic rings. The normalized spacial score (nSPS) is 20.6. The highest BCUT2D eigenvalue weighted by atomic mass is 35.5. The van der Waals surface area contributed by atoms with Crippen molar-refractivity contribution in [1.29, 1.82) is 0 Å². The number of carboxylic acids is 1. The van der Waals surface area contributed by atoms with Crippen LogP contribution in [-0.2, 0) is 14.3 Å². The van der Waals surface area contributed by atoms with Crippen molar-refractivity contribution < 1.29 is 24.2 Å². The highest BCUT2D eigenvalue weighted by Gasteiger charge is 2.47. The first-order valence-corrected chi connectivity index (χ1v) is 9.16. The molecule has 7 nitrogen and oxygen atoms in total. The van der Waals surface area contributed by atoms with E-state index in [1.54, 1.807) is 24.3 Å². The molecule has 0 bridgehead atoms. The Morgan fingerprint density at radius 2 is 2.00 bits per heavy atom. The van der Waals surface area contributed by atoms with Gasteiger partial charge in [0.2, 0.25) is 5.91 Å². The van der Waals surface area contributed by atoms with E-state index < -0.39 is 23.3 Å². The highest BCUT2D eigenvalue weighted by molar-refractivity contribution is 6.33. The van der Waals surface area contributed by atoms with Crippen LogP contribution in [0, 0.1) is 11.3 Å². The highest BCUT2D eigenvalue weighted by Crippen LogP contribution is 2.32. The number of nitrogens with zero attached hydrogens (tertiary/aromatic N) is 1. The summed E-state index contributed by atoms with van der Waals surface area (Å²) in [6.07, 6.45) is 0.311. The van der Waals surface area contributed by atoms with Gasteiger partial charge in [0.25, 0.3) is 5.91 Å².